The normalized spacial score (nSPS) is 17.8. The van der Waals surface area contributed by atoms with E-state index >= 15 is 0 Å². The van der Waals surface area contributed by atoms with Gasteiger partial charge in [0.1, 0.15) is 0 Å². The monoisotopic (exact) mass is 285 g/mol. The highest BCUT2D eigenvalue weighted by atomic mass is 19.3. The number of hydrogen-bond acceptors (Lipinski definition) is 4. The molecule has 1 aliphatic heterocycles. The predicted molar refractivity (Wildman–Crippen MR) is 68.0 cm³/mol. The largest absolute Gasteiger partial charge is 0.370 e. The van der Waals surface area contributed by atoms with Gasteiger partial charge in [0.15, 0.2) is 0 Å². The summed E-state index contributed by atoms with van der Waals surface area (Å²) in [6.07, 6.45) is -0.707. The fourth-order valence-corrected chi connectivity index (χ4v) is 2.18. The highest BCUT2D eigenvalue weighted by Crippen LogP contribution is 2.33. The summed E-state index contributed by atoms with van der Waals surface area (Å²) in [7, 11) is 0. The molecule has 0 unspecified atom stereocenters. The fourth-order valence-electron chi connectivity index (χ4n) is 2.18. The molecule has 0 radical (unpaired) electrons. The lowest BCUT2D eigenvalue weighted by Gasteiger charge is -2.34. The molecule has 2 N–H and O–H groups in total. The van der Waals surface area contributed by atoms with Crippen molar-refractivity contribution in [3.63, 3.8) is 0 Å². The summed E-state index contributed by atoms with van der Waals surface area (Å²) in [6.45, 7) is 0.0445. The lowest BCUT2D eigenvalue weighted by molar-refractivity contribution is -0.384. The molecule has 2 rings (SSSR count). The molecule has 8 heteroatoms. The molecule has 20 heavy (non-hydrogen) atoms. The van der Waals surface area contributed by atoms with Gasteiger partial charge in [-0.25, -0.2) is 8.78 Å². The lowest BCUT2D eigenvalue weighted by atomic mass is 10.0. The molecular formula is C12H13F2N3O3. The molecule has 1 fully saturated rings. The third-order valence-corrected chi connectivity index (χ3v) is 3.29. The van der Waals surface area contributed by atoms with E-state index in [0.717, 1.165) is 0 Å². The van der Waals surface area contributed by atoms with Crippen molar-refractivity contribution in [3.05, 3.63) is 33.9 Å². The van der Waals surface area contributed by atoms with E-state index in [1.807, 2.05) is 0 Å². The highest BCUT2D eigenvalue weighted by Gasteiger charge is 2.35. The van der Waals surface area contributed by atoms with Gasteiger partial charge in [-0.15, -0.1) is 0 Å². The van der Waals surface area contributed by atoms with Gasteiger partial charge in [-0.2, -0.15) is 0 Å². The summed E-state index contributed by atoms with van der Waals surface area (Å²) in [5.41, 5.74) is 5.35. The van der Waals surface area contributed by atoms with Crippen molar-refractivity contribution >= 4 is 17.3 Å². The Balaban J connectivity index is 2.36. The Morgan fingerprint density at radius 3 is 2.45 bits per heavy atom. The Bertz CT molecular complexity index is 553. The summed E-state index contributed by atoms with van der Waals surface area (Å²) in [5, 5.41) is 10.8. The number of anilines is 1. The number of halogens is 2. The number of carbonyl (C=O) groups is 1. The van der Waals surface area contributed by atoms with Crippen molar-refractivity contribution in [1.82, 2.24) is 0 Å². The summed E-state index contributed by atoms with van der Waals surface area (Å²) in [4.78, 5) is 23.0. The Morgan fingerprint density at radius 2 is 1.95 bits per heavy atom. The number of benzene rings is 1. The molecule has 0 spiro atoms. The Kier molecular flexibility index (Phi) is 3.56. The molecule has 1 aliphatic rings. The van der Waals surface area contributed by atoms with Crippen LogP contribution in [-0.4, -0.2) is 29.8 Å². The van der Waals surface area contributed by atoms with Crippen molar-refractivity contribution in [1.29, 1.82) is 0 Å². The first-order chi connectivity index (χ1) is 9.30. The van der Waals surface area contributed by atoms with E-state index in [2.05, 4.69) is 0 Å². The van der Waals surface area contributed by atoms with Crippen LogP contribution >= 0.6 is 0 Å². The van der Waals surface area contributed by atoms with Crippen LogP contribution in [0.3, 0.4) is 0 Å². The molecule has 108 valence electrons. The van der Waals surface area contributed by atoms with Crippen molar-refractivity contribution in [2.24, 2.45) is 5.73 Å². The number of nitrogens with two attached hydrogens (primary N) is 1. The smallest absolute Gasteiger partial charge is 0.271 e. The second-order valence-electron chi connectivity index (χ2n) is 4.67. The van der Waals surface area contributed by atoms with Crippen molar-refractivity contribution in [2.75, 3.05) is 18.0 Å². The lowest BCUT2D eigenvalue weighted by Crippen LogP contribution is -2.40. The maximum atomic E-state index is 13.1. The molecule has 0 saturated carbocycles. The number of nitro benzene ring substituents is 1. The average Bonchev–Trinajstić information content (AvgIpc) is 2.37. The zero-order valence-corrected chi connectivity index (χ0v) is 10.5. The number of hydrogen-bond donors (Lipinski definition) is 1. The second-order valence-corrected chi connectivity index (χ2v) is 4.67. The summed E-state index contributed by atoms with van der Waals surface area (Å²) in [5.74, 6) is -3.48. The molecule has 1 aromatic carbocycles. The molecule has 0 aromatic heterocycles. The highest BCUT2D eigenvalue weighted by molar-refractivity contribution is 5.99. The van der Waals surface area contributed by atoms with Gasteiger partial charge in [-0.05, 0) is 6.07 Å². The van der Waals surface area contributed by atoms with E-state index in [-0.39, 0.29) is 42.9 Å². The first-order valence-electron chi connectivity index (χ1n) is 6.01. The molecule has 0 bridgehead atoms. The van der Waals surface area contributed by atoms with Crippen LogP contribution in [0.4, 0.5) is 20.2 Å². The molecule has 0 atom stereocenters. The number of nitrogens with zero attached hydrogens (tertiary/aromatic N) is 2. The number of piperidine rings is 1. The first kappa shape index (κ1) is 14.2. The number of amides is 1. The SMILES string of the molecule is NC(=O)c1ccc([N+](=O)[O-])cc1N1CCC(F)(F)CC1. The van der Waals surface area contributed by atoms with Gasteiger partial charge in [0.25, 0.3) is 17.5 Å². The molecule has 1 amide bonds. The summed E-state index contributed by atoms with van der Waals surface area (Å²) in [6, 6.07) is 3.62. The first-order valence-corrected chi connectivity index (χ1v) is 6.01. The number of primary amides is 1. The van der Waals surface area contributed by atoms with Crippen molar-refractivity contribution in [2.45, 2.75) is 18.8 Å². The van der Waals surface area contributed by atoms with Crippen LogP contribution < -0.4 is 10.6 Å². The van der Waals surface area contributed by atoms with Crippen LogP contribution in [0.15, 0.2) is 18.2 Å². The van der Waals surface area contributed by atoms with E-state index in [0.29, 0.717) is 0 Å². The Morgan fingerprint density at radius 1 is 1.35 bits per heavy atom. The standard InChI is InChI=1S/C12H13F2N3O3/c13-12(14)3-5-16(6-4-12)10-7-8(17(19)20)1-2-9(10)11(15)18/h1-2,7H,3-6H2,(H2,15,18). The Labute approximate surface area is 113 Å². The maximum Gasteiger partial charge on any atom is 0.271 e. The maximum absolute atomic E-state index is 13.1. The number of non-ortho nitro benzene ring substituents is 1. The van der Waals surface area contributed by atoms with E-state index in [9.17, 15) is 23.7 Å². The zero-order chi connectivity index (χ0) is 14.9. The number of nitro groups is 1. The van der Waals surface area contributed by atoms with Crippen LogP contribution in [-0.2, 0) is 0 Å². The van der Waals surface area contributed by atoms with Gasteiger partial charge in [0.2, 0.25) is 0 Å². The van der Waals surface area contributed by atoms with Gasteiger partial charge in [-0.1, -0.05) is 0 Å². The minimum atomic E-state index is -2.73. The van der Waals surface area contributed by atoms with Gasteiger partial charge in [0.05, 0.1) is 16.2 Å². The van der Waals surface area contributed by atoms with Gasteiger partial charge >= 0.3 is 0 Å². The molecule has 6 nitrogen and oxygen atoms in total. The van der Waals surface area contributed by atoms with E-state index in [1.165, 1.54) is 23.1 Å². The van der Waals surface area contributed by atoms with E-state index in [4.69, 9.17) is 5.73 Å². The van der Waals surface area contributed by atoms with E-state index in [1.54, 1.807) is 0 Å². The second kappa shape index (κ2) is 5.03. The van der Waals surface area contributed by atoms with Gasteiger partial charge < -0.3 is 10.6 Å². The summed E-state index contributed by atoms with van der Waals surface area (Å²) >= 11 is 0. The van der Waals surface area contributed by atoms with Crippen LogP contribution in [0.1, 0.15) is 23.2 Å². The number of rotatable bonds is 3. The average molecular weight is 285 g/mol. The molecule has 1 saturated heterocycles. The Hall–Kier alpha value is -2.25. The minimum Gasteiger partial charge on any atom is -0.370 e. The van der Waals surface area contributed by atoms with E-state index < -0.39 is 16.8 Å². The third-order valence-electron chi connectivity index (χ3n) is 3.29. The van der Waals surface area contributed by atoms with Crippen LogP contribution in [0.2, 0.25) is 0 Å². The number of carbonyl (C=O) groups excluding carboxylic acids is 1. The molecule has 1 aromatic rings. The summed E-state index contributed by atoms with van der Waals surface area (Å²) < 4.78 is 26.3. The molecular weight excluding hydrogens is 272 g/mol. The molecule has 1 heterocycles. The quantitative estimate of drug-likeness (QED) is 0.678. The van der Waals surface area contributed by atoms with Crippen LogP contribution in [0.5, 0.6) is 0 Å². The number of alkyl halides is 2. The van der Waals surface area contributed by atoms with Crippen LogP contribution in [0.25, 0.3) is 0 Å². The van der Waals surface area contributed by atoms with Crippen LogP contribution in [0, 0.1) is 10.1 Å². The van der Waals surface area contributed by atoms with Gasteiger partial charge in [0, 0.05) is 38.1 Å². The van der Waals surface area contributed by atoms with Crippen molar-refractivity contribution in [3.8, 4) is 0 Å². The predicted octanol–water partition coefficient (Wildman–Crippen LogP) is 1.93. The zero-order valence-electron chi connectivity index (χ0n) is 10.5. The van der Waals surface area contributed by atoms with Gasteiger partial charge in [-0.3, -0.25) is 14.9 Å². The molecule has 0 aliphatic carbocycles. The minimum absolute atomic E-state index is 0.0223. The van der Waals surface area contributed by atoms with Crippen molar-refractivity contribution < 1.29 is 18.5 Å². The third kappa shape index (κ3) is 2.84. The topological polar surface area (TPSA) is 89.5 Å². The fraction of sp³-hybridized carbons (Fsp3) is 0.417.